The van der Waals surface area contributed by atoms with E-state index in [1.807, 2.05) is 13.0 Å². The van der Waals surface area contributed by atoms with Crippen molar-refractivity contribution in [3.8, 4) is 0 Å². The molecule has 0 saturated carbocycles. The maximum Gasteiger partial charge on any atom is 0.306 e. The number of nitrogens with zero attached hydrogens (tertiary/aromatic N) is 1. The van der Waals surface area contributed by atoms with Gasteiger partial charge in [0.2, 0.25) is 0 Å². The number of hydrogen-bond acceptors (Lipinski definition) is 3. The molecule has 22 heavy (non-hydrogen) atoms. The quantitative estimate of drug-likeness (QED) is 0.174. The summed E-state index contributed by atoms with van der Waals surface area (Å²) in [6, 6.07) is 0. The van der Waals surface area contributed by atoms with Crippen molar-refractivity contribution in [2.24, 2.45) is 4.99 Å². The Kier molecular flexibility index (Phi) is 15.4. The number of esters is 1. The molecule has 0 aromatic heterocycles. The second kappa shape index (κ2) is 16.3. The van der Waals surface area contributed by atoms with Crippen LogP contribution >= 0.6 is 0 Å². The average molecular weight is 309 g/mol. The number of unbranched alkanes of at least 4 members (excludes halogenated alkanes) is 8. The summed E-state index contributed by atoms with van der Waals surface area (Å²) in [6.07, 6.45) is 16.2. The summed E-state index contributed by atoms with van der Waals surface area (Å²) >= 11 is 0. The lowest BCUT2D eigenvalue weighted by atomic mass is 10.1. The van der Waals surface area contributed by atoms with Gasteiger partial charge in [-0.05, 0) is 45.4 Å². The van der Waals surface area contributed by atoms with Crippen molar-refractivity contribution in [2.45, 2.75) is 90.6 Å². The maximum atomic E-state index is 11.7. The molecule has 3 heteroatoms. The summed E-state index contributed by atoms with van der Waals surface area (Å²) in [6.45, 7) is 8.47. The minimum atomic E-state index is -0.0997. The lowest BCUT2D eigenvalue weighted by molar-refractivity contribution is -0.146. The monoisotopic (exact) mass is 309 g/mol. The zero-order chi connectivity index (χ0) is 16.5. The Bertz CT molecular complexity index is 300. The third-order valence-corrected chi connectivity index (χ3v) is 3.65. The predicted octanol–water partition coefficient (Wildman–Crippen LogP) is 5.49. The number of aliphatic imine (C=N–C) groups is 1. The van der Waals surface area contributed by atoms with Gasteiger partial charge in [0.1, 0.15) is 6.10 Å². The van der Waals surface area contributed by atoms with Crippen molar-refractivity contribution >= 4 is 12.7 Å². The van der Waals surface area contributed by atoms with E-state index in [0.717, 1.165) is 38.6 Å². The van der Waals surface area contributed by atoms with Crippen molar-refractivity contribution in [1.82, 2.24) is 0 Å². The second-order valence-corrected chi connectivity index (χ2v) is 5.94. The number of ether oxygens (including phenoxy) is 1. The Morgan fingerprint density at radius 1 is 1.09 bits per heavy atom. The largest absolute Gasteiger partial charge is 0.458 e. The standard InChI is InChI=1S/C19H35NO2/c1-4-5-6-7-9-12-15-18(2)22-19(21)16-13-10-8-11-14-17-20-3/h12,15,18H,3-11,13-14,16-17H2,1-2H3/b15-12-. The van der Waals surface area contributed by atoms with Gasteiger partial charge in [-0.25, -0.2) is 0 Å². The van der Waals surface area contributed by atoms with Crippen LogP contribution in [0.4, 0.5) is 0 Å². The molecule has 0 saturated heterocycles. The molecule has 1 unspecified atom stereocenters. The molecular weight excluding hydrogens is 274 g/mol. The van der Waals surface area contributed by atoms with Gasteiger partial charge in [0.05, 0.1) is 0 Å². The number of allylic oxidation sites excluding steroid dienone is 1. The van der Waals surface area contributed by atoms with E-state index in [1.54, 1.807) is 0 Å². The minimum absolute atomic E-state index is 0.0732. The van der Waals surface area contributed by atoms with Crippen LogP contribution in [-0.4, -0.2) is 25.3 Å². The normalized spacial score (nSPS) is 12.5. The van der Waals surface area contributed by atoms with Crippen molar-refractivity contribution < 1.29 is 9.53 Å². The van der Waals surface area contributed by atoms with E-state index in [1.165, 1.54) is 32.1 Å². The molecule has 0 aliphatic carbocycles. The fourth-order valence-electron chi connectivity index (χ4n) is 2.31. The van der Waals surface area contributed by atoms with Crippen LogP contribution in [0, 0.1) is 0 Å². The Morgan fingerprint density at radius 2 is 1.77 bits per heavy atom. The van der Waals surface area contributed by atoms with E-state index >= 15 is 0 Å². The molecule has 0 fully saturated rings. The van der Waals surface area contributed by atoms with E-state index in [9.17, 15) is 4.79 Å². The molecule has 0 spiro atoms. The first-order chi connectivity index (χ1) is 10.7. The molecule has 0 heterocycles. The molecular formula is C19H35NO2. The summed E-state index contributed by atoms with van der Waals surface area (Å²) in [5.41, 5.74) is 0. The van der Waals surface area contributed by atoms with Gasteiger partial charge in [0.15, 0.2) is 0 Å². The van der Waals surface area contributed by atoms with Gasteiger partial charge in [0.25, 0.3) is 0 Å². The summed E-state index contributed by atoms with van der Waals surface area (Å²) < 4.78 is 5.37. The molecule has 0 aliphatic heterocycles. The Hall–Kier alpha value is -1.12. The second-order valence-electron chi connectivity index (χ2n) is 5.94. The fourth-order valence-corrected chi connectivity index (χ4v) is 2.31. The fraction of sp³-hybridized carbons (Fsp3) is 0.789. The van der Waals surface area contributed by atoms with Crippen LogP contribution in [0.3, 0.4) is 0 Å². The van der Waals surface area contributed by atoms with Crippen LogP contribution in [0.1, 0.15) is 84.5 Å². The van der Waals surface area contributed by atoms with E-state index in [-0.39, 0.29) is 12.1 Å². The Morgan fingerprint density at radius 3 is 2.50 bits per heavy atom. The van der Waals surface area contributed by atoms with Crippen LogP contribution in [0.5, 0.6) is 0 Å². The third kappa shape index (κ3) is 15.3. The average Bonchev–Trinajstić information content (AvgIpc) is 2.50. The van der Waals surface area contributed by atoms with Gasteiger partial charge >= 0.3 is 5.97 Å². The lowest BCUT2D eigenvalue weighted by Crippen LogP contribution is -2.12. The van der Waals surface area contributed by atoms with Crippen LogP contribution in [-0.2, 0) is 9.53 Å². The first-order valence-electron chi connectivity index (χ1n) is 8.99. The number of rotatable bonds is 15. The summed E-state index contributed by atoms with van der Waals surface area (Å²) in [5.74, 6) is -0.0732. The highest BCUT2D eigenvalue weighted by Crippen LogP contribution is 2.08. The molecule has 128 valence electrons. The molecule has 0 aliphatic rings. The van der Waals surface area contributed by atoms with E-state index in [4.69, 9.17) is 4.74 Å². The predicted molar refractivity (Wildman–Crippen MR) is 95.6 cm³/mol. The summed E-state index contributed by atoms with van der Waals surface area (Å²) in [5, 5.41) is 0. The first-order valence-corrected chi connectivity index (χ1v) is 8.99. The Labute approximate surface area is 137 Å². The van der Waals surface area contributed by atoms with Crippen LogP contribution in [0.25, 0.3) is 0 Å². The van der Waals surface area contributed by atoms with Gasteiger partial charge in [-0.1, -0.05) is 51.5 Å². The zero-order valence-corrected chi connectivity index (χ0v) is 14.7. The van der Waals surface area contributed by atoms with Gasteiger partial charge < -0.3 is 9.73 Å². The number of carbonyl (C=O) groups excluding carboxylic acids is 1. The van der Waals surface area contributed by atoms with Crippen LogP contribution < -0.4 is 0 Å². The number of hydrogen-bond donors (Lipinski definition) is 0. The highest BCUT2D eigenvalue weighted by atomic mass is 16.5. The lowest BCUT2D eigenvalue weighted by Gasteiger charge is -2.09. The maximum absolute atomic E-state index is 11.7. The minimum Gasteiger partial charge on any atom is -0.458 e. The van der Waals surface area contributed by atoms with E-state index in [2.05, 4.69) is 24.7 Å². The van der Waals surface area contributed by atoms with Gasteiger partial charge in [0, 0.05) is 13.0 Å². The summed E-state index contributed by atoms with van der Waals surface area (Å²) in [4.78, 5) is 15.5. The van der Waals surface area contributed by atoms with Crippen molar-refractivity contribution in [3.63, 3.8) is 0 Å². The third-order valence-electron chi connectivity index (χ3n) is 3.65. The highest BCUT2D eigenvalue weighted by Gasteiger charge is 2.06. The highest BCUT2D eigenvalue weighted by molar-refractivity contribution is 5.69. The van der Waals surface area contributed by atoms with Crippen LogP contribution in [0.2, 0.25) is 0 Å². The van der Waals surface area contributed by atoms with Crippen molar-refractivity contribution in [1.29, 1.82) is 0 Å². The van der Waals surface area contributed by atoms with E-state index in [0.29, 0.717) is 6.42 Å². The smallest absolute Gasteiger partial charge is 0.306 e. The topological polar surface area (TPSA) is 38.7 Å². The molecule has 0 N–H and O–H groups in total. The first kappa shape index (κ1) is 20.9. The molecule has 0 bridgehead atoms. The van der Waals surface area contributed by atoms with Gasteiger partial charge in [-0.15, -0.1) is 0 Å². The van der Waals surface area contributed by atoms with E-state index < -0.39 is 0 Å². The SMILES string of the molecule is C=NCCCCCCCC(=O)OC(C)/C=C\CCCCCC. The molecule has 0 aromatic rings. The zero-order valence-electron chi connectivity index (χ0n) is 14.7. The summed E-state index contributed by atoms with van der Waals surface area (Å²) in [7, 11) is 0. The van der Waals surface area contributed by atoms with Crippen molar-refractivity contribution in [2.75, 3.05) is 6.54 Å². The molecule has 0 rings (SSSR count). The molecule has 3 nitrogen and oxygen atoms in total. The molecule has 0 amide bonds. The van der Waals surface area contributed by atoms with Gasteiger partial charge in [-0.3, -0.25) is 4.79 Å². The number of carbonyl (C=O) groups is 1. The van der Waals surface area contributed by atoms with Crippen molar-refractivity contribution in [3.05, 3.63) is 12.2 Å². The van der Waals surface area contributed by atoms with Gasteiger partial charge in [-0.2, -0.15) is 0 Å². The Balaban J connectivity index is 3.48. The molecule has 0 aromatic carbocycles. The molecule has 0 radical (unpaired) electrons. The molecule has 1 atom stereocenters. The van der Waals surface area contributed by atoms with Crippen LogP contribution in [0.15, 0.2) is 17.1 Å².